The summed E-state index contributed by atoms with van der Waals surface area (Å²) >= 11 is 0. The molecule has 45 heavy (non-hydrogen) atoms. The van der Waals surface area contributed by atoms with Crippen molar-refractivity contribution in [2.24, 2.45) is 5.92 Å². The number of likely N-dealkylation sites (tertiary alicyclic amines) is 1. The maximum Gasteiger partial charge on any atom is 0.335 e. The van der Waals surface area contributed by atoms with Gasteiger partial charge in [0.1, 0.15) is 18.5 Å². The third-order valence-electron chi connectivity index (χ3n) is 8.75. The molecule has 2 aliphatic heterocycles. The standard InChI is InChI=1S/C33H36N4O8/c1-18(34-30(39)31-35-19(2)36-45-31)29(22-9-7-21(8-10-22)20-5-6-20)44-25-11-12-26(33(41)42)27(15-25)23-4-3-13-37(16-23)32(40)24-14-28(38)43-17-24/h7-12,15,18,20,23-24,29H,3-6,13-14,16-17H2,1-2H3,(H,34,39)(H,41,42)/t18-,23+,24+,29-/m0/s1. The molecule has 12 heteroatoms. The molecule has 3 aliphatic rings. The van der Waals surface area contributed by atoms with Gasteiger partial charge < -0.3 is 29.3 Å². The van der Waals surface area contributed by atoms with Gasteiger partial charge in [-0.1, -0.05) is 29.4 Å². The van der Waals surface area contributed by atoms with Crippen LogP contribution in [0.5, 0.6) is 5.75 Å². The van der Waals surface area contributed by atoms with Gasteiger partial charge in [-0.15, -0.1) is 0 Å². The lowest BCUT2D eigenvalue weighted by Gasteiger charge is -2.35. The molecule has 0 bridgehead atoms. The largest absolute Gasteiger partial charge is 0.484 e. The summed E-state index contributed by atoms with van der Waals surface area (Å²) in [5, 5.41) is 16.6. The van der Waals surface area contributed by atoms with Crippen LogP contribution in [0.2, 0.25) is 0 Å². The molecule has 2 N–H and O–H groups in total. The molecule has 1 saturated carbocycles. The summed E-state index contributed by atoms with van der Waals surface area (Å²) in [5.74, 6) is -1.69. The SMILES string of the molecule is Cc1noc(C(=O)N[C@@H](C)[C@H](Oc2ccc(C(=O)O)c([C@@H]3CCCN(C(=O)[C@H]4COC(=O)C4)C3)c2)c2ccc(C3CC3)cc2)n1. The number of nitrogens with zero attached hydrogens (tertiary/aromatic N) is 3. The van der Waals surface area contributed by atoms with Crippen molar-refractivity contribution in [3.05, 3.63) is 76.4 Å². The van der Waals surface area contributed by atoms with Crippen LogP contribution in [-0.4, -0.2) is 69.6 Å². The Bertz CT molecular complexity index is 1600. The normalized spacial score (nSPS) is 21.1. The van der Waals surface area contributed by atoms with Gasteiger partial charge in [0.2, 0.25) is 5.91 Å². The van der Waals surface area contributed by atoms with Gasteiger partial charge in [-0.3, -0.25) is 14.4 Å². The lowest BCUT2D eigenvalue weighted by Crippen LogP contribution is -2.42. The van der Waals surface area contributed by atoms with Gasteiger partial charge in [0, 0.05) is 19.0 Å². The molecule has 1 aromatic heterocycles. The maximum atomic E-state index is 13.2. The Morgan fingerprint density at radius 3 is 2.51 bits per heavy atom. The summed E-state index contributed by atoms with van der Waals surface area (Å²) in [6, 6.07) is 12.5. The fourth-order valence-corrected chi connectivity index (χ4v) is 6.22. The summed E-state index contributed by atoms with van der Waals surface area (Å²) in [6.45, 7) is 4.38. The molecule has 2 amide bonds. The number of rotatable bonds is 10. The van der Waals surface area contributed by atoms with E-state index in [0.717, 1.165) is 5.56 Å². The average Bonchev–Trinajstić information content (AvgIpc) is 3.65. The minimum Gasteiger partial charge on any atom is -0.484 e. The Hall–Kier alpha value is -4.74. The van der Waals surface area contributed by atoms with Crippen LogP contribution in [0.4, 0.5) is 0 Å². The van der Waals surface area contributed by atoms with Crippen LogP contribution in [-0.2, 0) is 14.3 Å². The molecule has 4 atom stereocenters. The van der Waals surface area contributed by atoms with Gasteiger partial charge in [0.25, 0.3) is 0 Å². The van der Waals surface area contributed by atoms with E-state index < -0.39 is 29.9 Å². The highest BCUT2D eigenvalue weighted by atomic mass is 16.5. The number of hydrogen-bond acceptors (Lipinski definition) is 9. The molecule has 0 spiro atoms. The Labute approximate surface area is 260 Å². The number of carbonyl (C=O) groups excluding carboxylic acids is 3. The molecular weight excluding hydrogens is 580 g/mol. The number of aromatic carboxylic acids is 1. The topological polar surface area (TPSA) is 161 Å². The summed E-state index contributed by atoms with van der Waals surface area (Å²) in [7, 11) is 0. The molecule has 236 valence electrons. The fourth-order valence-electron chi connectivity index (χ4n) is 6.22. The highest BCUT2D eigenvalue weighted by Crippen LogP contribution is 2.41. The monoisotopic (exact) mass is 616 g/mol. The third-order valence-corrected chi connectivity index (χ3v) is 8.75. The number of aromatic nitrogens is 2. The third kappa shape index (κ3) is 6.84. The first kappa shape index (κ1) is 30.3. The van der Waals surface area contributed by atoms with E-state index in [1.807, 2.05) is 19.1 Å². The minimum atomic E-state index is -1.07. The summed E-state index contributed by atoms with van der Waals surface area (Å²) in [5.41, 5.74) is 2.80. The second-order valence-corrected chi connectivity index (χ2v) is 12.1. The molecule has 3 aromatic rings. The van der Waals surface area contributed by atoms with Crippen LogP contribution >= 0.6 is 0 Å². The van der Waals surface area contributed by atoms with Crippen molar-refractivity contribution in [3.8, 4) is 5.75 Å². The zero-order valence-corrected chi connectivity index (χ0v) is 25.2. The number of piperidine rings is 1. The van der Waals surface area contributed by atoms with E-state index in [0.29, 0.717) is 49.0 Å². The predicted octanol–water partition coefficient (Wildman–Crippen LogP) is 4.16. The van der Waals surface area contributed by atoms with Gasteiger partial charge in [-0.2, -0.15) is 4.98 Å². The second kappa shape index (κ2) is 12.7. The van der Waals surface area contributed by atoms with Crippen LogP contribution < -0.4 is 10.1 Å². The van der Waals surface area contributed by atoms with Crippen LogP contribution in [0.3, 0.4) is 0 Å². The summed E-state index contributed by atoms with van der Waals surface area (Å²) < 4.78 is 16.6. The Morgan fingerprint density at radius 1 is 1.09 bits per heavy atom. The van der Waals surface area contributed by atoms with Gasteiger partial charge in [0.05, 0.1) is 23.9 Å². The van der Waals surface area contributed by atoms with Crippen LogP contribution in [0.15, 0.2) is 47.0 Å². The highest BCUT2D eigenvalue weighted by molar-refractivity contribution is 5.90. The number of cyclic esters (lactones) is 1. The summed E-state index contributed by atoms with van der Waals surface area (Å²) in [4.78, 5) is 55.7. The number of carboxylic acids is 1. The maximum absolute atomic E-state index is 13.2. The number of esters is 1. The van der Waals surface area contributed by atoms with E-state index in [9.17, 15) is 24.3 Å². The van der Waals surface area contributed by atoms with Crippen LogP contribution in [0.1, 0.15) is 101 Å². The second-order valence-electron chi connectivity index (χ2n) is 12.1. The number of carboxylic acid groups (broad SMARTS) is 1. The number of amides is 2. The molecule has 1 aliphatic carbocycles. The number of benzene rings is 2. The predicted molar refractivity (Wildman–Crippen MR) is 159 cm³/mol. The first-order valence-electron chi connectivity index (χ1n) is 15.4. The molecule has 0 radical (unpaired) electrons. The minimum absolute atomic E-state index is 0.0630. The molecule has 0 unspecified atom stereocenters. The lowest BCUT2D eigenvalue weighted by molar-refractivity contribution is -0.138. The van der Waals surface area contributed by atoms with E-state index in [2.05, 4.69) is 27.6 Å². The average molecular weight is 617 g/mol. The van der Waals surface area contributed by atoms with Crippen LogP contribution in [0.25, 0.3) is 0 Å². The zero-order chi connectivity index (χ0) is 31.7. The van der Waals surface area contributed by atoms with E-state index >= 15 is 0 Å². The van der Waals surface area contributed by atoms with Crippen molar-refractivity contribution in [2.45, 2.75) is 69.9 Å². The summed E-state index contributed by atoms with van der Waals surface area (Å²) in [6.07, 6.45) is 3.15. The van der Waals surface area contributed by atoms with E-state index in [4.69, 9.17) is 14.0 Å². The number of aryl methyl sites for hydroxylation is 1. The number of carbonyl (C=O) groups is 4. The first-order valence-corrected chi connectivity index (χ1v) is 15.4. The van der Waals surface area contributed by atoms with E-state index in [1.54, 1.807) is 24.0 Å². The molecule has 3 fully saturated rings. The van der Waals surface area contributed by atoms with Crippen molar-refractivity contribution in [2.75, 3.05) is 19.7 Å². The molecule has 3 heterocycles. The Balaban J connectivity index is 1.26. The van der Waals surface area contributed by atoms with Crippen molar-refractivity contribution < 1.29 is 38.3 Å². The molecule has 2 saturated heterocycles. The molecule has 2 aromatic carbocycles. The number of ether oxygens (including phenoxy) is 2. The zero-order valence-electron chi connectivity index (χ0n) is 25.2. The van der Waals surface area contributed by atoms with Crippen molar-refractivity contribution in [1.82, 2.24) is 20.4 Å². The first-order chi connectivity index (χ1) is 21.7. The van der Waals surface area contributed by atoms with E-state index in [1.165, 1.54) is 24.5 Å². The van der Waals surface area contributed by atoms with Gasteiger partial charge in [0.15, 0.2) is 5.82 Å². The van der Waals surface area contributed by atoms with Crippen molar-refractivity contribution >= 4 is 23.8 Å². The van der Waals surface area contributed by atoms with Crippen molar-refractivity contribution in [3.63, 3.8) is 0 Å². The van der Waals surface area contributed by atoms with Crippen molar-refractivity contribution in [1.29, 1.82) is 0 Å². The fraction of sp³-hybridized carbons (Fsp3) is 0.455. The van der Waals surface area contributed by atoms with Gasteiger partial charge >= 0.3 is 23.7 Å². The molecule has 12 nitrogen and oxygen atoms in total. The van der Waals surface area contributed by atoms with Gasteiger partial charge in [-0.05, 0) is 80.3 Å². The highest BCUT2D eigenvalue weighted by Gasteiger charge is 2.36. The molecule has 6 rings (SSSR count). The Kier molecular flexibility index (Phi) is 8.55. The van der Waals surface area contributed by atoms with Gasteiger partial charge in [-0.25, -0.2) is 4.79 Å². The Morgan fingerprint density at radius 2 is 1.87 bits per heavy atom. The van der Waals surface area contributed by atoms with Crippen LogP contribution in [0, 0.1) is 12.8 Å². The lowest BCUT2D eigenvalue weighted by atomic mass is 9.86. The smallest absolute Gasteiger partial charge is 0.335 e. The number of nitrogens with one attached hydrogen (secondary N) is 1. The molecular formula is C33H36N4O8. The van der Waals surface area contributed by atoms with E-state index in [-0.39, 0.29) is 42.3 Å². The quantitative estimate of drug-likeness (QED) is 0.317. The number of hydrogen-bond donors (Lipinski definition) is 2.